The van der Waals surface area contributed by atoms with Gasteiger partial charge in [0.25, 0.3) is 0 Å². The molecular formula is C28H35N2S4+. The van der Waals surface area contributed by atoms with Gasteiger partial charge in [-0.15, -0.1) is 0 Å². The van der Waals surface area contributed by atoms with Crippen LogP contribution in [0.1, 0.15) is 11.1 Å². The number of para-hydroxylation sites is 1. The molecule has 0 bridgehead atoms. The first-order chi connectivity index (χ1) is 16.8. The lowest BCUT2D eigenvalue weighted by atomic mass is 10.1. The van der Waals surface area contributed by atoms with Crippen molar-refractivity contribution >= 4 is 75.8 Å². The van der Waals surface area contributed by atoms with Gasteiger partial charge in [0.2, 0.25) is 5.52 Å². The van der Waals surface area contributed by atoms with E-state index in [1.165, 1.54) is 73.7 Å². The van der Waals surface area contributed by atoms with E-state index in [1.807, 2.05) is 0 Å². The van der Waals surface area contributed by atoms with Gasteiger partial charge in [0.05, 0.1) is 5.39 Å². The summed E-state index contributed by atoms with van der Waals surface area (Å²) < 4.78 is 2.18. The molecule has 2 aromatic carbocycles. The van der Waals surface area contributed by atoms with Crippen molar-refractivity contribution in [2.45, 2.75) is 0 Å². The fourth-order valence-electron chi connectivity index (χ4n) is 4.00. The van der Waals surface area contributed by atoms with E-state index in [4.69, 9.17) is 0 Å². The Morgan fingerprint density at radius 3 is 1.91 bits per heavy atom. The molecule has 180 valence electrons. The van der Waals surface area contributed by atoms with Crippen LogP contribution in [-0.4, -0.2) is 59.1 Å². The smallest absolute Gasteiger partial charge is 0.212 e. The first-order valence-corrected chi connectivity index (χ1v) is 16.6. The Labute approximate surface area is 222 Å². The number of rotatable bonds is 3. The summed E-state index contributed by atoms with van der Waals surface area (Å²) in [4.78, 5) is 2.58. The summed E-state index contributed by atoms with van der Waals surface area (Å²) in [6, 6.07) is 19.9. The van der Waals surface area contributed by atoms with Gasteiger partial charge in [0.1, 0.15) is 7.05 Å². The molecule has 2 nitrogen and oxygen atoms in total. The molecule has 1 aromatic heterocycles. The maximum Gasteiger partial charge on any atom is 0.212 e. The van der Waals surface area contributed by atoms with E-state index in [0.29, 0.717) is 0 Å². The highest BCUT2D eigenvalue weighted by Crippen LogP contribution is 2.21. The number of aromatic nitrogens is 1. The van der Waals surface area contributed by atoms with Crippen molar-refractivity contribution in [1.29, 1.82) is 0 Å². The second kappa shape index (κ2) is 14.4. The molecule has 2 heterocycles. The predicted molar refractivity (Wildman–Crippen MR) is 162 cm³/mol. The molecule has 1 fully saturated rings. The molecule has 0 N–H and O–H groups in total. The van der Waals surface area contributed by atoms with E-state index in [-0.39, 0.29) is 0 Å². The summed E-state index contributed by atoms with van der Waals surface area (Å²) in [6.45, 7) is 2.26. The van der Waals surface area contributed by atoms with Crippen LogP contribution in [0.2, 0.25) is 0 Å². The zero-order chi connectivity index (χ0) is 23.4. The highest BCUT2D eigenvalue weighted by atomic mass is 32.2. The molecule has 34 heavy (non-hydrogen) atoms. The van der Waals surface area contributed by atoms with Crippen LogP contribution in [0.25, 0.3) is 23.1 Å². The van der Waals surface area contributed by atoms with Gasteiger partial charge in [-0.3, -0.25) is 0 Å². The number of benzene rings is 2. The zero-order valence-corrected chi connectivity index (χ0v) is 23.3. The van der Waals surface area contributed by atoms with Crippen molar-refractivity contribution in [1.82, 2.24) is 0 Å². The lowest BCUT2D eigenvalue weighted by molar-refractivity contribution is -0.644. The van der Waals surface area contributed by atoms with Crippen molar-refractivity contribution in [3.05, 3.63) is 71.9 Å². The summed E-state index contributed by atoms with van der Waals surface area (Å²) in [5, 5.41) is 1.29. The summed E-state index contributed by atoms with van der Waals surface area (Å²) in [5.74, 6) is 10.2. The molecule has 1 aliphatic rings. The molecule has 0 amide bonds. The topological polar surface area (TPSA) is 7.12 Å². The van der Waals surface area contributed by atoms with E-state index in [2.05, 4.69) is 137 Å². The molecule has 0 saturated carbocycles. The molecule has 1 aliphatic heterocycles. The first-order valence-electron chi connectivity index (χ1n) is 12.0. The average molecular weight is 528 g/mol. The summed E-state index contributed by atoms with van der Waals surface area (Å²) in [6.07, 6.45) is 6.62. The van der Waals surface area contributed by atoms with Gasteiger partial charge in [-0.25, -0.2) is 4.57 Å². The number of fused-ring (bicyclic) bond motifs is 1. The first kappa shape index (κ1) is 25.9. The Morgan fingerprint density at radius 2 is 1.26 bits per heavy atom. The molecular weight excluding hydrogens is 493 g/mol. The number of hydrogen-bond acceptors (Lipinski definition) is 5. The fourth-order valence-corrected chi connectivity index (χ4v) is 8.34. The molecule has 4 rings (SSSR count). The summed E-state index contributed by atoms with van der Waals surface area (Å²) >= 11 is 8.45. The second-order valence-corrected chi connectivity index (χ2v) is 13.2. The Hall–Kier alpha value is -1.21. The predicted octanol–water partition coefficient (Wildman–Crippen LogP) is 6.59. The lowest BCUT2D eigenvalue weighted by Crippen LogP contribution is -2.28. The third-order valence-corrected chi connectivity index (χ3v) is 10.6. The maximum absolute atomic E-state index is 2.58. The molecule has 1 saturated heterocycles. The molecule has 6 heteroatoms. The van der Waals surface area contributed by atoms with Gasteiger partial charge in [-0.2, -0.15) is 47.0 Å². The molecule has 0 atom stereocenters. The van der Waals surface area contributed by atoms with Gasteiger partial charge in [-0.1, -0.05) is 36.4 Å². The van der Waals surface area contributed by atoms with Crippen LogP contribution in [0.5, 0.6) is 0 Å². The van der Waals surface area contributed by atoms with E-state index < -0.39 is 0 Å². The lowest BCUT2D eigenvalue weighted by Gasteiger charge is -2.25. The number of aryl methyl sites for hydroxylation is 1. The van der Waals surface area contributed by atoms with Crippen LogP contribution in [0.15, 0.2) is 60.8 Å². The number of anilines is 1. The molecule has 0 unspecified atom stereocenters. The van der Waals surface area contributed by atoms with E-state index in [1.54, 1.807) is 0 Å². The van der Waals surface area contributed by atoms with Crippen LogP contribution < -0.4 is 9.47 Å². The number of nitrogens with zero attached hydrogens (tertiary/aromatic N) is 2. The maximum atomic E-state index is 2.58. The minimum absolute atomic E-state index is 1.13. The standard InChI is InChI=1S/C28H35N2S4/c1-29-13-12-25(27-4-2-3-5-28(27)29)9-6-24-7-10-26(11-8-24)30-14-16-31-18-20-33-22-23-34-21-19-32-17-15-30/h2-13H,14-23H2,1H3/q+1. The highest BCUT2D eigenvalue weighted by molar-refractivity contribution is 8.05. The Bertz CT molecular complexity index is 1040. The van der Waals surface area contributed by atoms with Gasteiger partial charge in [-0.05, 0) is 29.3 Å². The minimum Gasteiger partial charge on any atom is -0.370 e. The van der Waals surface area contributed by atoms with Gasteiger partial charge in [0.15, 0.2) is 6.20 Å². The molecule has 0 spiro atoms. The Morgan fingerprint density at radius 1 is 0.676 bits per heavy atom. The highest BCUT2D eigenvalue weighted by Gasteiger charge is 2.09. The average Bonchev–Trinajstić information content (AvgIpc) is 2.88. The molecule has 0 radical (unpaired) electrons. The van der Waals surface area contributed by atoms with Crippen molar-refractivity contribution in [3.8, 4) is 0 Å². The van der Waals surface area contributed by atoms with Crippen LogP contribution in [0.3, 0.4) is 0 Å². The fraction of sp³-hybridized carbons (Fsp3) is 0.393. The zero-order valence-electron chi connectivity index (χ0n) is 20.0. The van der Waals surface area contributed by atoms with Crippen LogP contribution in [0, 0.1) is 0 Å². The Balaban J connectivity index is 1.41. The van der Waals surface area contributed by atoms with Crippen molar-refractivity contribution in [2.75, 3.05) is 64.0 Å². The quantitative estimate of drug-likeness (QED) is 0.354. The normalized spacial score (nSPS) is 17.5. The number of hydrogen-bond donors (Lipinski definition) is 0. The van der Waals surface area contributed by atoms with Gasteiger partial charge < -0.3 is 4.90 Å². The van der Waals surface area contributed by atoms with Crippen LogP contribution >= 0.6 is 47.0 Å². The second-order valence-electron chi connectivity index (χ2n) is 8.26. The Kier molecular flexibility index (Phi) is 10.9. The van der Waals surface area contributed by atoms with Crippen molar-refractivity contribution in [2.24, 2.45) is 7.05 Å². The van der Waals surface area contributed by atoms with Gasteiger partial charge >= 0.3 is 0 Å². The van der Waals surface area contributed by atoms with E-state index >= 15 is 0 Å². The number of pyridine rings is 1. The molecule has 0 aliphatic carbocycles. The summed E-state index contributed by atoms with van der Waals surface area (Å²) in [5.41, 5.74) is 5.11. The van der Waals surface area contributed by atoms with Crippen molar-refractivity contribution < 1.29 is 4.57 Å². The molecule has 3 aromatic rings. The monoisotopic (exact) mass is 527 g/mol. The number of thioether (sulfide) groups is 4. The SMILES string of the molecule is C[n+]1ccc(/C=C/c2ccc(N3CCSCCSCCSCCSCC3)cc2)c2ccccc21. The third kappa shape index (κ3) is 7.91. The largest absolute Gasteiger partial charge is 0.370 e. The van der Waals surface area contributed by atoms with Crippen LogP contribution in [-0.2, 0) is 7.05 Å². The van der Waals surface area contributed by atoms with E-state index in [0.717, 1.165) is 13.1 Å². The third-order valence-electron chi connectivity index (χ3n) is 5.91. The van der Waals surface area contributed by atoms with Crippen LogP contribution in [0.4, 0.5) is 5.69 Å². The minimum atomic E-state index is 1.13. The van der Waals surface area contributed by atoms with Gasteiger partial charge in [0, 0.05) is 76.9 Å². The summed E-state index contributed by atoms with van der Waals surface area (Å²) in [7, 11) is 2.10. The van der Waals surface area contributed by atoms with E-state index in [9.17, 15) is 0 Å². The van der Waals surface area contributed by atoms with Crippen molar-refractivity contribution in [3.63, 3.8) is 0 Å².